The van der Waals surface area contributed by atoms with Gasteiger partial charge in [0.25, 0.3) is 0 Å². The fourth-order valence-electron chi connectivity index (χ4n) is 2.47. The number of hydrogen-bond acceptors (Lipinski definition) is 3. The Hall–Kier alpha value is -2.13. The van der Waals surface area contributed by atoms with Gasteiger partial charge >= 0.3 is 0 Å². The minimum atomic E-state index is 0.000721. The van der Waals surface area contributed by atoms with Gasteiger partial charge < -0.3 is 9.84 Å². The molecule has 0 aliphatic rings. The van der Waals surface area contributed by atoms with Crippen LogP contribution in [0.3, 0.4) is 0 Å². The Kier molecular flexibility index (Phi) is 4.76. The van der Waals surface area contributed by atoms with Gasteiger partial charge in [0.05, 0.1) is 6.61 Å². The van der Waals surface area contributed by atoms with Gasteiger partial charge in [-0.1, -0.05) is 24.3 Å². The quantitative estimate of drug-likeness (QED) is 0.855. The van der Waals surface area contributed by atoms with E-state index in [1.54, 1.807) is 0 Å². The van der Waals surface area contributed by atoms with E-state index in [0.29, 0.717) is 12.2 Å². The highest BCUT2D eigenvalue weighted by Crippen LogP contribution is 2.33. The van der Waals surface area contributed by atoms with Gasteiger partial charge in [-0.25, -0.2) is 0 Å². The first-order chi connectivity index (χ1) is 10.1. The predicted molar refractivity (Wildman–Crippen MR) is 84.1 cm³/mol. The molecule has 2 rings (SSSR count). The molecule has 0 radical (unpaired) electrons. The van der Waals surface area contributed by atoms with E-state index in [4.69, 9.17) is 9.84 Å². The molecule has 0 fully saturated rings. The topological polar surface area (TPSA) is 46.5 Å². The Bertz CT molecular complexity index is 660. The minimum absolute atomic E-state index is 0.000721. The molecule has 0 bridgehead atoms. The molecule has 1 N–H and O–H groups in total. The molecule has 0 heterocycles. The molecule has 0 saturated carbocycles. The van der Waals surface area contributed by atoms with Crippen molar-refractivity contribution in [2.75, 3.05) is 13.2 Å². The van der Waals surface area contributed by atoms with Crippen molar-refractivity contribution in [3.8, 4) is 16.9 Å². The lowest BCUT2D eigenvalue weighted by Gasteiger charge is -2.16. The number of carbonyl (C=O) groups excluding carboxylic acids is 1. The summed E-state index contributed by atoms with van der Waals surface area (Å²) in [5, 5.41) is 8.86. The van der Waals surface area contributed by atoms with Crippen molar-refractivity contribution < 1.29 is 14.6 Å². The Balaban J connectivity index is 2.51. The van der Waals surface area contributed by atoms with Crippen molar-refractivity contribution >= 4 is 6.29 Å². The molecule has 2 aromatic rings. The Morgan fingerprint density at radius 3 is 2.38 bits per heavy atom. The number of benzene rings is 2. The van der Waals surface area contributed by atoms with Gasteiger partial charge in [0.15, 0.2) is 0 Å². The molecule has 0 saturated heterocycles. The third kappa shape index (κ3) is 2.98. The summed E-state index contributed by atoms with van der Waals surface area (Å²) in [6, 6.07) is 9.68. The molecule has 0 atom stereocenters. The van der Waals surface area contributed by atoms with Gasteiger partial charge in [0, 0.05) is 5.56 Å². The van der Waals surface area contributed by atoms with Gasteiger partial charge in [-0.3, -0.25) is 4.79 Å². The zero-order chi connectivity index (χ0) is 15.4. The monoisotopic (exact) mass is 284 g/mol. The molecule has 3 heteroatoms. The van der Waals surface area contributed by atoms with E-state index in [1.807, 2.05) is 51.1 Å². The molecule has 3 nitrogen and oxygen atoms in total. The normalized spacial score (nSPS) is 10.5. The summed E-state index contributed by atoms with van der Waals surface area (Å²) in [5.41, 5.74) is 6.04. The van der Waals surface area contributed by atoms with E-state index in [1.165, 1.54) is 0 Å². The molecule has 21 heavy (non-hydrogen) atoms. The van der Waals surface area contributed by atoms with Gasteiger partial charge in [-0.05, 0) is 54.7 Å². The van der Waals surface area contributed by atoms with Gasteiger partial charge in [0.2, 0.25) is 0 Å². The largest absolute Gasteiger partial charge is 0.491 e. The van der Waals surface area contributed by atoms with E-state index in [2.05, 4.69) is 0 Å². The molecule has 0 spiro atoms. The molecule has 0 aliphatic carbocycles. The number of rotatable bonds is 5. The number of aliphatic hydroxyl groups excluding tert-OH is 1. The first-order valence-electron chi connectivity index (χ1n) is 6.99. The maximum absolute atomic E-state index is 11.1. The summed E-state index contributed by atoms with van der Waals surface area (Å²) in [5.74, 6) is 0.787. The Labute approximate surface area is 125 Å². The van der Waals surface area contributed by atoms with Crippen LogP contribution in [0.15, 0.2) is 30.3 Å². The van der Waals surface area contributed by atoms with Crippen molar-refractivity contribution in [1.82, 2.24) is 0 Å². The smallest absolute Gasteiger partial charge is 0.150 e. The zero-order valence-electron chi connectivity index (χ0n) is 12.6. The molecule has 0 unspecified atom stereocenters. The lowest BCUT2D eigenvalue weighted by Crippen LogP contribution is -2.04. The number of aldehydes is 1. The summed E-state index contributed by atoms with van der Waals surface area (Å²) >= 11 is 0. The average molecular weight is 284 g/mol. The van der Waals surface area contributed by atoms with Crippen LogP contribution in [0.4, 0.5) is 0 Å². The van der Waals surface area contributed by atoms with E-state index in [9.17, 15) is 4.79 Å². The third-order valence-electron chi connectivity index (χ3n) is 3.88. The fraction of sp³-hybridized carbons (Fsp3) is 0.278. The second kappa shape index (κ2) is 6.55. The zero-order valence-corrected chi connectivity index (χ0v) is 12.6. The van der Waals surface area contributed by atoms with E-state index >= 15 is 0 Å². The van der Waals surface area contributed by atoms with Crippen molar-refractivity contribution in [2.45, 2.75) is 20.8 Å². The SMILES string of the molecule is Cc1c(C=O)cccc1-c1ccc(OCCO)c(C)c1C. The van der Waals surface area contributed by atoms with E-state index in [-0.39, 0.29) is 6.61 Å². The van der Waals surface area contributed by atoms with Crippen molar-refractivity contribution in [1.29, 1.82) is 0 Å². The van der Waals surface area contributed by atoms with Crippen LogP contribution in [0.5, 0.6) is 5.75 Å². The highest BCUT2D eigenvalue weighted by molar-refractivity contribution is 5.84. The standard InChI is InChI=1S/C18H20O3/c1-12-13(2)18(21-10-9-19)8-7-17(12)16-6-4-5-15(11-20)14(16)3/h4-8,11,19H,9-10H2,1-3H3. The molecular formula is C18H20O3. The first kappa shape index (κ1) is 15.3. The van der Waals surface area contributed by atoms with Crippen LogP contribution in [0.25, 0.3) is 11.1 Å². The van der Waals surface area contributed by atoms with Gasteiger partial charge in [-0.15, -0.1) is 0 Å². The number of aliphatic hydroxyl groups is 1. The van der Waals surface area contributed by atoms with Crippen LogP contribution >= 0.6 is 0 Å². The summed E-state index contributed by atoms with van der Waals surface area (Å²) in [6.07, 6.45) is 0.889. The predicted octanol–water partition coefficient (Wildman–Crippen LogP) is 3.46. The average Bonchev–Trinajstić information content (AvgIpc) is 2.49. The maximum Gasteiger partial charge on any atom is 0.150 e. The third-order valence-corrected chi connectivity index (χ3v) is 3.88. The highest BCUT2D eigenvalue weighted by Gasteiger charge is 2.12. The van der Waals surface area contributed by atoms with Crippen molar-refractivity contribution in [3.05, 3.63) is 52.6 Å². The van der Waals surface area contributed by atoms with Gasteiger partial charge in [-0.2, -0.15) is 0 Å². The molecular weight excluding hydrogens is 264 g/mol. The van der Waals surface area contributed by atoms with E-state index < -0.39 is 0 Å². The molecule has 0 amide bonds. The second-order valence-corrected chi connectivity index (χ2v) is 5.07. The molecule has 2 aromatic carbocycles. The van der Waals surface area contributed by atoms with Crippen LogP contribution in [0.2, 0.25) is 0 Å². The summed E-state index contributed by atoms with van der Waals surface area (Å²) in [4.78, 5) is 11.1. The van der Waals surface area contributed by atoms with Crippen LogP contribution < -0.4 is 4.74 Å². The Morgan fingerprint density at radius 1 is 1.00 bits per heavy atom. The van der Waals surface area contributed by atoms with Crippen molar-refractivity contribution in [3.63, 3.8) is 0 Å². The summed E-state index contributed by atoms with van der Waals surface area (Å²) in [6.45, 7) is 6.30. The second-order valence-electron chi connectivity index (χ2n) is 5.07. The van der Waals surface area contributed by atoms with Crippen molar-refractivity contribution in [2.24, 2.45) is 0 Å². The molecule has 110 valence electrons. The lowest BCUT2D eigenvalue weighted by molar-refractivity contribution is 0.112. The number of hydrogen-bond donors (Lipinski definition) is 1. The van der Waals surface area contributed by atoms with Gasteiger partial charge in [0.1, 0.15) is 18.6 Å². The molecule has 0 aromatic heterocycles. The molecule has 0 aliphatic heterocycles. The summed E-state index contributed by atoms with van der Waals surface area (Å²) in [7, 11) is 0. The highest BCUT2D eigenvalue weighted by atomic mass is 16.5. The van der Waals surface area contributed by atoms with Crippen LogP contribution in [0, 0.1) is 20.8 Å². The fourth-order valence-corrected chi connectivity index (χ4v) is 2.47. The first-order valence-corrected chi connectivity index (χ1v) is 6.99. The maximum atomic E-state index is 11.1. The number of ether oxygens (including phenoxy) is 1. The van der Waals surface area contributed by atoms with E-state index in [0.717, 1.165) is 39.9 Å². The lowest BCUT2D eigenvalue weighted by atomic mass is 9.92. The summed E-state index contributed by atoms with van der Waals surface area (Å²) < 4.78 is 5.53. The van der Waals surface area contributed by atoms with Crippen LogP contribution in [0.1, 0.15) is 27.0 Å². The Morgan fingerprint density at radius 2 is 1.71 bits per heavy atom. The number of carbonyl (C=O) groups is 1. The van der Waals surface area contributed by atoms with Crippen LogP contribution in [-0.2, 0) is 0 Å². The minimum Gasteiger partial charge on any atom is -0.491 e. The van der Waals surface area contributed by atoms with Crippen LogP contribution in [-0.4, -0.2) is 24.6 Å².